The van der Waals surface area contributed by atoms with Crippen LogP contribution in [0, 0.1) is 0 Å². The van der Waals surface area contributed by atoms with E-state index in [0.717, 1.165) is 45.8 Å². The topological polar surface area (TPSA) is 44.7 Å². The van der Waals surface area contributed by atoms with Crippen molar-refractivity contribution in [1.29, 1.82) is 0 Å². The predicted octanol–water partition coefficient (Wildman–Crippen LogP) is -0.959. The predicted molar refractivity (Wildman–Crippen MR) is 49.7 cm³/mol. The minimum Gasteiger partial charge on any atom is -0.390 e. The van der Waals surface area contributed by atoms with Crippen LogP contribution in [0.5, 0.6) is 0 Å². The summed E-state index contributed by atoms with van der Waals surface area (Å²) in [4.78, 5) is 2.34. The molecule has 2 aliphatic heterocycles. The maximum Gasteiger partial charge on any atom is 0.0831 e. The minimum absolute atomic E-state index is 0.196. The van der Waals surface area contributed by atoms with Gasteiger partial charge in [-0.15, -0.1) is 0 Å². The number of ether oxygens (including phenoxy) is 1. The molecule has 2 atom stereocenters. The summed E-state index contributed by atoms with van der Waals surface area (Å²) in [6.45, 7) is 5.35. The van der Waals surface area contributed by atoms with Gasteiger partial charge in [0.15, 0.2) is 0 Å². The summed E-state index contributed by atoms with van der Waals surface area (Å²) in [7, 11) is 0. The van der Waals surface area contributed by atoms with E-state index in [1.54, 1.807) is 0 Å². The fourth-order valence-corrected chi connectivity index (χ4v) is 2.12. The van der Waals surface area contributed by atoms with E-state index in [0.29, 0.717) is 6.04 Å². The van der Waals surface area contributed by atoms with Crippen LogP contribution in [0.4, 0.5) is 0 Å². The van der Waals surface area contributed by atoms with Gasteiger partial charge in [0.05, 0.1) is 12.7 Å². The molecule has 2 N–H and O–H groups in total. The molecular formula is C9H18N2O2. The summed E-state index contributed by atoms with van der Waals surface area (Å²) in [5.41, 5.74) is 0. The summed E-state index contributed by atoms with van der Waals surface area (Å²) < 4.78 is 5.38. The van der Waals surface area contributed by atoms with Crippen LogP contribution in [-0.2, 0) is 4.74 Å². The van der Waals surface area contributed by atoms with Crippen molar-refractivity contribution in [3.05, 3.63) is 0 Å². The largest absolute Gasteiger partial charge is 0.390 e. The molecule has 0 aromatic heterocycles. The summed E-state index contributed by atoms with van der Waals surface area (Å²) in [6, 6.07) is 0.307. The van der Waals surface area contributed by atoms with Crippen molar-refractivity contribution in [2.75, 3.05) is 39.4 Å². The van der Waals surface area contributed by atoms with Gasteiger partial charge in [0, 0.05) is 38.8 Å². The maximum absolute atomic E-state index is 9.69. The number of hydrogen-bond acceptors (Lipinski definition) is 4. The fraction of sp³-hybridized carbons (Fsp3) is 1.00. The van der Waals surface area contributed by atoms with Gasteiger partial charge in [-0.2, -0.15) is 0 Å². The third-order valence-corrected chi connectivity index (χ3v) is 2.88. The van der Waals surface area contributed by atoms with Gasteiger partial charge >= 0.3 is 0 Å². The number of hydrogen-bond donors (Lipinski definition) is 2. The highest BCUT2D eigenvalue weighted by atomic mass is 16.5. The molecule has 0 aliphatic carbocycles. The van der Waals surface area contributed by atoms with Crippen LogP contribution in [0.1, 0.15) is 6.42 Å². The van der Waals surface area contributed by atoms with Gasteiger partial charge in [-0.3, -0.25) is 4.90 Å². The van der Waals surface area contributed by atoms with Crippen molar-refractivity contribution in [2.45, 2.75) is 18.6 Å². The van der Waals surface area contributed by atoms with Crippen LogP contribution in [-0.4, -0.2) is 61.5 Å². The number of β-amino-alcohol motifs (C(OH)–C–C–N with tert-alkyl or cyclic N) is 1. The molecule has 2 rings (SSSR count). The average Bonchev–Trinajstić information content (AvgIpc) is 2.43. The van der Waals surface area contributed by atoms with Crippen LogP contribution in [0.25, 0.3) is 0 Å². The fourth-order valence-electron chi connectivity index (χ4n) is 2.12. The highest BCUT2D eigenvalue weighted by Crippen LogP contribution is 2.11. The van der Waals surface area contributed by atoms with E-state index < -0.39 is 0 Å². The summed E-state index contributed by atoms with van der Waals surface area (Å²) in [5.74, 6) is 0. The first-order valence-corrected chi connectivity index (χ1v) is 5.08. The van der Waals surface area contributed by atoms with E-state index in [4.69, 9.17) is 4.74 Å². The molecule has 0 unspecified atom stereocenters. The summed E-state index contributed by atoms with van der Waals surface area (Å²) >= 11 is 0. The van der Waals surface area contributed by atoms with E-state index >= 15 is 0 Å². The Morgan fingerprint density at radius 3 is 2.92 bits per heavy atom. The van der Waals surface area contributed by atoms with Gasteiger partial charge in [0.1, 0.15) is 0 Å². The van der Waals surface area contributed by atoms with Gasteiger partial charge in [-0.1, -0.05) is 0 Å². The van der Waals surface area contributed by atoms with Gasteiger partial charge in [0.25, 0.3) is 0 Å². The lowest BCUT2D eigenvalue weighted by atomic mass is 10.2. The molecular weight excluding hydrogens is 168 g/mol. The standard InChI is InChI=1S/C9H18N2O2/c12-9-7-10-6-8(9)11-2-1-4-13-5-3-11/h8-10,12H,1-7H2/t8-,9-/m1/s1. The van der Waals surface area contributed by atoms with E-state index in [9.17, 15) is 5.11 Å². The highest BCUT2D eigenvalue weighted by molar-refractivity contribution is 4.88. The van der Waals surface area contributed by atoms with Crippen molar-refractivity contribution in [2.24, 2.45) is 0 Å². The van der Waals surface area contributed by atoms with Crippen molar-refractivity contribution in [3.8, 4) is 0 Å². The average molecular weight is 186 g/mol. The normalized spacial score (nSPS) is 37.6. The van der Waals surface area contributed by atoms with Gasteiger partial charge in [-0.25, -0.2) is 0 Å². The van der Waals surface area contributed by atoms with Gasteiger partial charge < -0.3 is 15.2 Å². The Morgan fingerprint density at radius 1 is 1.23 bits per heavy atom. The van der Waals surface area contributed by atoms with Crippen molar-refractivity contribution in [1.82, 2.24) is 10.2 Å². The molecule has 76 valence electrons. The second-order valence-corrected chi connectivity index (χ2v) is 3.79. The number of nitrogens with one attached hydrogen (secondary N) is 1. The Hall–Kier alpha value is -0.160. The van der Waals surface area contributed by atoms with Crippen LogP contribution in [0.15, 0.2) is 0 Å². The van der Waals surface area contributed by atoms with Gasteiger partial charge in [-0.05, 0) is 6.42 Å². The van der Waals surface area contributed by atoms with Crippen molar-refractivity contribution >= 4 is 0 Å². The minimum atomic E-state index is -0.196. The molecule has 2 fully saturated rings. The molecule has 0 radical (unpaired) electrons. The zero-order valence-electron chi connectivity index (χ0n) is 7.91. The Bertz CT molecular complexity index is 158. The molecule has 2 saturated heterocycles. The van der Waals surface area contributed by atoms with E-state index in [1.807, 2.05) is 0 Å². The molecule has 0 aromatic carbocycles. The lowest BCUT2D eigenvalue weighted by Gasteiger charge is -2.28. The molecule has 0 aromatic rings. The Kier molecular flexibility index (Phi) is 3.16. The summed E-state index contributed by atoms with van der Waals surface area (Å²) in [5, 5.41) is 12.9. The van der Waals surface area contributed by atoms with Crippen LogP contribution in [0.3, 0.4) is 0 Å². The van der Waals surface area contributed by atoms with Crippen LogP contribution < -0.4 is 5.32 Å². The SMILES string of the molecule is O[C@@H]1CNC[C@H]1N1CCCOCC1. The molecule has 13 heavy (non-hydrogen) atoms. The second-order valence-electron chi connectivity index (χ2n) is 3.79. The molecule has 0 saturated carbocycles. The molecule has 2 aliphatic rings. The molecule has 0 spiro atoms. The number of nitrogens with zero attached hydrogens (tertiary/aromatic N) is 1. The first-order chi connectivity index (χ1) is 6.38. The van der Waals surface area contributed by atoms with Crippen LogP contribution in [0.2, 0.25) is 0 Å². The first kappa shape index (κ1) is 9.40. The van der Waals surface area contributed by atoms with Crippen molar-refractivity contribution in [3.63, 3.8) is 0 Å². The monoisotopic (exact) mass is 186 g/mol. The summed E-state index contributed by atoms with van der Waals surface area (Å²) in [6.07, 6.45) is 0.890. The molecule has 0 amide bonds. The lowest BCUT2D eigenvalue weighted by molar-refractivity contribution is 0.0772. The number of aliphatic hydroxyl groups is 1. The highest BCUT2D eigenvalue weighted by Gasteiger charge is 2.30. The Morgan fingerprint density at radius 2 is 2.15 bits per heavy atom. The third kappa shape index (κ3) is 2.20. The zero-order chi connectivity index (χ0) is 9.10. The first-order valence-electron chi connectivity index (χ1n) is 5.08. The van der Waals surface area contributed by atoms with E-state index in [2.05, 4.69) is 10.2 Å². The smallest absolute Gasteiger partial charge is 0.0831 e. The molecule has 0 bridgehead atoms. The number of aliphatic hydroxyl groups excluding tert-OH is 1. The third-order valence-electron chi connectivity index (χ3n) is 2.88. The van der Waals surface area contributed by atoms with Gasteiger partial charge in [0.2, 0.25) is 0 Å². The second kappa shape index (κ2) is 4.37. The Balaban J connectivity index is 1.89. The maximum atomic E-state index is 9.69. The van der Waals surface area contributed by atoms with E-state index in [-0.39, 0.29) is 6.10 Å². The number of rotatable bonds is 1. The zero-order valence-corrected chi connectivity index (χ0v) is 7.91. The van der Waals surface area contributed by atoms with Crippen LogP contribution >= 0.6 is 0 Å². The Labute approximate surface area is 78.9 Å². The molecule has 4 heteroatoms. The lowest BCUT2D eigenvalue weighted by Crippen LogP contribution is -2.44. The quantitative estimate of drug-likeness (QED) is 0.554. The van der Waals surface area contributed by atoms with E-state index in [1.165, 1.54) is 0 Å². The van der Waals surface area contributed by atoms with Crippen molar-refractivity contribution < 1.29 is 9.84 Å². The molecule has 4 nitrogen and oxygen atoms in total. The molecule has 2 heterocycles.